The molecule has 1 aromatic rings. The number of aliphatic hydroxyl groups excluding tert-OH is 3. The van der Waals surface area contributed by atoms with Crippen molar-refractivity contribution in [3.8, 4) is 5.75 Å². The number of benzene rings is 1. The van der Waals surface area contributed by atoms with E-state index in [1.165, 1.54) is 24.3 Å². The number of carbonyl (C=O) groups excluding carboxylic acids is 1. The van der Waals surface area contributed by atoms with Crippen molar-refractivity contribution < 1.29 is 43.6 Å². The predicted molar refractivity (Wildman–Crippen MR) is 75.7 cm³/mol. The molecule has 1 aliphatic heterocycles. The number of amides is 1. The number of rotatable bonds is 4. The van der Waals surface area contributed by atoms with Gasteiger partial charge < -0.3 is 35.2 Å². The smallest absolute Gasteiger partial charge is 0.335 e. The number of aliphatic hydroxyl groups is 3. The summed E-state index contributed by atoms with van der Waals surface area (Å²) in [4.78, 5) is 22.4. The molecule has 0 bridgehead atoms. The molecule has 0 saturated carbocycles. The molecule has 1 fully saturated rings. The van der Waals surface area contributed by atoms with Gasteiger partial charge in [0, 0.05) is 16.7 Å². The Hall–Kier alpha value is -2.20. The number of ether oxygens (including phenoxy) is 2. The Balaban J connectivity index is 2.06. The van der Waals surface area contributed by atoms with Gasteiger partial charge in [0.05, 0.1) is 0 Å². The summed E-state index contributed by atoms with van der Waals surface area (Å²) in [7, 11) is 0. The molecule has 9 nitrogen and oxygen atoms in total. The molecule has 0 radical (unpaired) electrons. The fraction of sp³-hybridized carbons (Fsp3) is 0.429. The van der Waals surface area contributed by atoms with Gasteiger partial charge in [0.25, 0.3) is 0 Å². The minimum Gasteiger partial charge on any atom is -0.479 e. The van der Waals surface area contributed by atoms with Crippen LogP contribution in [-0.2, 0) is 14.3 Å². The quantitative estimate of drug-likeness (QED) is 0.468. The van der Waals surface area contributed by atoms with Gasteiger partial charge in [-0.25, -0.2) is 4.79 Å². The third-order valence-electron chi connectivity index (χ3n) is 3.18. The van der Waals surface area contributed by atoms with Crippen LogP contribution in [0.15, 0.2) is 24.3 Å². The van der Waals surface area contributed by atoms with E-state index in [0.717, 1.165) is 0 Å². The van der Waals surface area contributed by atoms with Crippen molar-refractivity contribution in [3.05, 3.63) is 24.3 Å². The summed E-state index contributed by atoms with van der Waals surface area (Å²) in [6.07, 6.45) is -8.71. The Morgan fingerprint density at radius 1 is 1.17 bits per heavy atom. The average molecular weight is 330 g/mol. The van der Waals surface area contributed by atoms with Crippen LogP contribution in [0.2, 0.25) is 0 Å². The molecule has 1 amide bonds. The van der Waals surface area contributed by atoms with Crippen molar-refractivity contribution in [3.63, 3.8) is 0 Å². The molecule has 1 aliphatic rings. The SMILES string of the molecule is [2H]C([2H])([2H])C(=O)Nc1ccc(O[C@@H]2OC(C(=O)O)[C@@H](O)[C@H](O)[C@@H]2O)cc1. The number of hydrogen-bond acceptors (Lipinski definition) is 7. The van der Waals surface area contributed by atoms with Gasteiger partial charge in [-0.05, 0) is 24.3 Å². The third-order valence-corrected chi connectivity index (χ3v) is 3.18. The Labute approximate surface area is 135 Å². The molecule has 0 spiro atoms. The van der Waals surface area contributed by atoms with E-state index >= 15 is 0 Å². The van der Waals surface area contributed by atoms with Crippen LogP contribution in [0.25, 0.3) is 0 Å². The van der Waals surface area contributed by atoms with Gasteiger partial charge >= 0.3 is 5.97 Å². The summed E-state index contributed by atoms with van der Waals surface area (Å²) in [5.41, 5.74) is 0.169. The first kappa shape index (κ1) is 13.3. The lowest BCUT2D eigenvalue weighted by atomic mass is 9.99. The molecule has 23 heavy (non-hydrogen) atoms. The molecule has 126 valence electrons. The van der Waals surface area contributed by atoms with Gasteiger partial charge in [-0.1, -0.05) is 0 Å². The van der Waals surface area contributed by atoms with E-state index in [9.17, 15) is 24.9 Å². The van der Waals surface area contributed by atoms with Crippen LogP contribution < -0.4 is 10.1 Å². The number of nitrogens with one attached hydrogen (secondary N) is 1. The highest BCUT2D eigenvalue weighted by molar-refractivity contribution is 5.88. The number of carbonyl (C=O) groups is 2. The minimum atomic E-state index is -2.81. The number of carboxylic acid groups (broad SMARTS) is 1. The lowest BCUT2D eigenvalue weighted by molar-refractivity contribution is -0.271. The molecule has 5 atom stereocenters. The summed E-state index contributed by atoms with van der Waals surface area (Å²) in [5.74, 6) is -2.63. The first-order valence-corrected chi connectivity index (χ1v) is 6.51. The van der Waals surface area contributed by atoms with Crippen LogP contribution >= 0.6 is 0 Å². The molecule has 5 N–H and O–H groups in total. The highest BCUT2D eigenvalue weighted by Gasteiger charge is 2.48. The van der Waals surface area contributed by atoms with Crippen molar-refractivity contribution in [2.75, 3.05) is 5.32 Å². The van der Waals surface area contributed by atoms with Crippen molar-refractivity contribution in [1.29, 1.82) is 0 Å². The van der Waals surface area contributed by atoms with Crippen LogP contribution in [0.4, 0.5) is 5.69 Å². The summed E-state index contributed by atoms with van der Waals surface area (Å²) < 4.78 is 31.1. The normalized spacial score (nSPS) is 33.0. The van der Waals surface area contributed by atoms with Gasteiger partial charge in [0.2, 0.25) is 12.2 Å². The number of hydrogen-bond donors (Lipinski definition) is 5. The molecular formula is C14H17NO8. The second kappa shape index (κ2) is 6.92. The van der Waals surface area contributed by atoms with E-state index in [0.29, 0.717) is 0 Å². The molecule has 1 aromatic carbocycles. The first-order valence-electron chi connectivity index (χ1n) is 8.01. The van der Waals surface area contributed by atoms with Crippen LogP contribution in [0.3, 0.4) is 0 Å². The maximum Gasteiger partial charge on any atom is 0.335 e. The largest absolute Gasteiger partial charge is 0.479 e. The van der Waals surface area contributed by atoms with E-state index in [1.807, 2.05) is 0 Å². The van der Waals surface area contributed by atoms with Crippen molar-refractivity contribution in [2.45, 2.75) is 37.6 Å². The molecule has 1 heterocycles. The lowest BCUT2D eigenvalue weighted by Crippen LogP contribution is -2.61. The molecule has 1 saturated heterocycles. The number of carboxylic acids is 1. The van der Waals surface area contributed by atoms with Gasteiger partial charge in [-0.15, -0.1) is 0 Å². The summed E-state index contributed by atoms with van der Waals surface area (Å²) in [6.45, 7) is -2.81. The fourth-order valence-electron chi connectivity index (χ4n) is 2.03. The molecule has 9 heteroatoms. The van der Waals surface area contributed by atoms with Gasteiger partial charge in [0.15, 0.2) is 6.10 Å². The highest BCUT2D eigenvalue weighted by Crippen LogP contribution is 2.25. The Kier molecular flexibility index (Phi) is 3.99. The lowest BCUT2D eigenvalue weighted by Gasteiger charge is -2.38. The topological polar surface area (TPSA) is 146 Å². The monoisotopic (exact) mass is 330 g/mol. The molecule has 0 aromatic heterocycles. The van der Waals surface area contributed by atoms with Crippen molar-refractivity contribution >= 4 is 17.6 Å². The zero-order valence-corrected chi connectivity index (χ0v) is 11.6. The van der Waals surface area contributed by atoms with E-state index in [-0.39, 0.29) is 11.4 Å². The van der Waals surface area contributed by atoms with Crippen molar-refractivity contribution in [1.82, 2.24) is 0 Å². The van der Waals surface area contributed by atoms with Gasteiger partial charge in [-0.3, -0.25) is 4.79 Å². The minimum absolute atomic E-state index is 0.0775. The molecular weight excluding hydrogens is 310 g/mol. The summed E-state index contributed by atoms with van der Waals surface area (Å²) in [6, 6.07) is 5.24. The van der Waals surface area contributed by atoms with E-state index in [2.05, 4.69) is 5.32 Å². The number of anilines is 1. The standard InChI is InChI=1S/C14H17NO8/c1-6(16)15-7-2-4-8(5-3-7)22-14-11(19)9(17)10(18)12(23-14)13(20)21/h2-5,9-12,14,17-19H,1H3,(H,15,16)(H,20,21)/t9-,10-,11-,12?,14+/m0/s1/i1D3. The zero-order chi connectivity index (χ0) is 19.6. The third kappa shape index (κ3) is 3.96. The maximum atomic E-state index is 11.4. The Morgan fingerprint density at radius 2 is 1.83 bits per heavy atom. The van der Waals surface area contributed by atoms with Gasteiger partial charge in [0.1, 0.15) is 24.1 Å². The second-order valence-electron chi connectivity index (χ2n) is 4.83. The molecule has 0 aliphatic carbocycles. The first-order chi connectivity index (χ1) is 12.0. The maximum absolute atomic E-state index is 11.4. The van der Waals surface area contributed by atoms with E-state index < -0.39 is 49.4 Å². The highest BCUT2D eigenvalue weighted by atomic mass is 16.7. The van der Waals surface area contributed by atoms with Gasteiger partial charge in [-0.2, -0.15) is 0 Å². The van der Waals surface area contributed by atoms with Crippen LogP contribution in [0.5, 0.6) is 5.75 Å². The Morgan fingerprint density at radius 3 is 2.39 bits per heavy atom. The fourth-order valence-corrected chi connectivity index (χ4v) is 2.03. The predicted octanol–water partition coefficient (Wildman–Crippen LogP) is -1.08. The van der Waals surface area contributed by atoms with E-state index in [4.69, 9.17) is 18.7 Å². The summed E-state index contributed by atoms with van der Waals surface area (Å²) in [5, 5.41) is 40.3. The van der Waals surface area contributed by atoms with Crippen LogP contribution in [-0.4, -0.2) is 63.0 Å². The van der Waals surface area contributed by atoms with Crippen LogP contribution in [0, 0.1) is 0 Å². The van der Waals surface area contributed by atoms with Crippen LogP contribution in [0.1, 0.15) is 11.0 Å². The van der Waals surface area contributed by atoms with E-state index in [1.54, 1.807) is 0 Å². The average Bonchev–Trinajstić information content (AvgIpc) is 2.55. The molecule has 2 rings (SSSR count). The Bertz CT molecular complexity index is 665. The summed E-state index contributed by atoms with van der Waals surface area (Å²) >= 11 is 0. The zero-order valence-electron chi connectivity index (χ0n) is 14.6. The van der Waals surface area contributed by atoms with Crippen molar-refractivity contribution in [2.24, 2.45) is 0 Å². The second-order valence-corrected chi connectivity index (χ2v) is 4.83. The number of aliphatic carboxylic acids is 1. The molecule has 1 unspecified atom stereocenters.